The summed E-state index contributed by atoms with van der Waals surface area (Å²) in [4.78, 5) is 36.2. The standard InChI is InChI=1S/C23H26BrClN4O5/c1-4-33-18-10-14(9-17(24)21(18)34-12-19(26)30)11-27-29-23(32)20(13(2)3)28-22(31)15-5-7-16(25)8-6-15/h5-11,13,20H,4,12H2,1-3H3,(H2,26,30)(H,28,31)(H,29,32)/b27-11+. The molecule has 182 valence electrons. The van der Waals surface area contributed by atoms with Gasteiger partial charge in [-0.1, -0.05) is 25.4 Å². The lowest BCUT2D eigenvalue weighted by Gasteiger charge is -2.20. The van der Waals surface area contributed by atoms with Gasteiger partial charge in [-0.05, 0) is 70.7 Å². The van der Waals surface area contributed by atoms with Crippen LogP contribution < -0.4 is 25.9 Å². The molecule has 0 bridgehead atoms. The number of carbonyl (C=O) groups excluding carboxylic acids is 3. The third-order valence-electron chi connectivity index (χ3n) is 4.42. The second kappa shape index (κ2) is 13.0. The minimum absolute atomic E-state index is 0.188. The molecule has 0 fully saturated rings. The molecule has 9 nitrogen and oxygen atoms in total. The van der Waals surface area contributed by atoms with E-state index < -0.39 is 23.8 Å². The molecule has 0 heterocycles. The van der Waals surface area contributed by atoms with Crippen molar-refractivity contribution in [2.75, 3.05) is 13.2 Å². The van der Waals surface area contributed by atoms with Crippen molar-refractivity contribution in [3.8, 4) is 11.5 Å². The fourth-order valence-corrected chi connectivity index (χ4v) is 3.51. The summed E-state index contributed by atoms with van der Waals surface area (Å²) in [5.41, 5.74) is 8.57. The summed E-state index contributed by atoms with van der Waals surface area (Å²) in [6.45, 7) is 5.48. The number of nitrogens with zero attached hydrogens (tertiary/aromatic N) is 1. The van der Waals surface area contributed by atoms with Crippen molar-refractivity contribution in [1.29, 1.82) is 0 Å². The molecule has 0 aliphatic carbocycles. The van der Waals surface area contributed by atoms with Gasteiger partial charge in [0, 0.05) is 10.6 Å². The van der Waals surface area contributed by atoms with Crippen LogP contribution in [-0.2, 0) is 9.59 Å². The number of amides is 3. The first-order chi connectivity index (χ1) is 16.1. The predicted octanol–water partition coefficient (Wildman–Crippen LogP) is 3.27. The van der Waals surface area contributed by atoms with Crippen LogP contribution in [0.3, 0.4) is 0 Å². The van der Waals surface area contributed by atoms with Crippen LogP contribution in [0, 0.1) is 5.92 Å². The second-order valence-corrected chi connectivity index (χ2v) is 8.75. The molecule has 0 aliphatic heterocycles. The Balaban J connectivity index is 2.10. The zero-order valence-electron chi connectivity index (χ0n) is 18.9. The van der Waals surface area contributed by atoms with E-state index >= 15 is 0 Å². The number of hydrogen-bond donors (Lipinski definition) is 3. The molecular formula is C23H26BrClN4O5. The first-order valence-electron chi connectivity index (χ1n) is 10.4. The molecular weight excluding hydrogens is 528 g/mol. The summed E-state index contributed by atoms with van der Waals surface area (Å²) >= 11 is 9.23. The highest BCUT2D eigenvalue weighted by Crippen LogP contribution is 2.36. The van der Waals surface area contributed by atoms with E-state index in [4.69, 9.17) is 26.8 Å². The molecule has 34 heavy (non-hydrogen) atoms. The fraction of sp³-hybridized carbons (Fsp3) is 0.304. The van der Waals surface area contributed by atoms with Crippen LogP contribution in [0.2, 0.25) is 5.02 Å². The number of ether oxygens (including phenoxy) is 2. The quantitative estimate of drug-likeness (QED) is 0.290. The van der Waals surface area contributed by atoms with Gasteiger partial charge >= 0.3 is 0 Å². The summed E-state index contributed by atoms with van der Waals surface area (Å²) < 4.78 is 11.5. The summed E-state index contributed by atoms with van der Waals surface area (Å²) in [6.07, 6.45) is 1.42. The average Bonchev–Trinajstić information content (AvgIpc) is 2.77. The van der Waals surface area contributed by atoms with Crippen LogP contribution in [0.25, 0.3) is 0 Å². The minimum Gasteiger partial charge on any atom is -0.490 e. The van der Waals surface area contributed by atoms with Gasteiger partial charge in [0.2, 0.25) is 0 Å². The lowest BCUT2D eigenvalue weighted by molar-refractivity contribution is -0.124. The van der Waals surface area contributed by atoms with E-state index in [1.54, 1.807) is 43.3 Å². The molecule has 11 heteroatoms. The van der Waals surface area contributed by atoms with Crippen molar-refractivity contribution >= 4 is 51.5 Å². The third kappa shape index (κ3) is 8.03. The highest BCUT2D eigenvalue weighted by molar-refractivity contribution is 9.10. The van der Waals surface area contributed by atoms with Crippen molar-refractivity contribution < 1.29 is 23.9 Å². The van der Waals surface area contributed by atoms with Crippen LogP contribution in [-0.4, -0.2) is 43.2 Å². The maximum atomic E-state index is 12.7. The molecule has 0 saturated carbocycles. The van der Waals surface area contributed by atoms with Crippen LogP contribution in [0.5, 0.6) is 11.5 Å². The maximum Gasteiger partial charge on any atom is 0.262 e. The normalized spacial score (nSPS) is 11.8. The van der Waals surface area contributed by atoms with E-state index in [0.717, 1.165) is 0 Å². The Labute approximate surface area is 211 Å². The fourth-order valence-electron chi connectivity index (χ4n) is 2.81. The van der Waals surface area contributed by atoms with E-state index in [9.17, 15) is 14.4 Å². The van der Waals surface area contributed by atoms with Crippen LogP contribution >= 0.6 is 27.5 Å². The van der Waals surface area contributed by atoms with E-state index in [1.807, 2.05) is 13.8 Å². The molecule has 0 aliphatic rings. The van der Waals surface area contributed by atoms with Gasteiger partial charge in [-0.3, -0.25) is 14.4 Å². The molecule has 1 atom stereocenters. The Morgan fingerprint density at radius 3 is 2.44 bits per heavy atom. The molecule has 1 unspecified atom stereocenters. The van der Waals surface area contributed by atoms with Gasteiger partial charge in [0.25, 0.3) is 17.7 Å². The van der Waals surface area contributed by atoms with Crippen LogP contribution in [0.4, 0.5) is 0 Å². The molecule has 2 aromatic rings. The van der Waals surface area contributed by atoms with Gasteiger partial charge in [-0.25, -0.2) is 5.43 Å². The number of benzene rings is 2. The number of halogens is 2. The van der Waals surface area contributed by atoms with Crippen molar-refractivity contribution in [2.45, 2.75) is 26.8 Å². The number of hydrogen-bond acceptors (Lipinski definition) is 6. The van der Waals surface area contributed by atoms with E-state index in [2.05, 4.69) is 31.8 Å². The lowest BCUT2D eigenvalue weighted by atomic mass is 10.0. The Kier molecular flexibility index (Phi) is 10.3. The monoisotopic (exact) mass is 552 g/mol. The topological polar surface area (TPSA) is 132 Å². The van der Waals surface area contributed by atoms with Crippen molar-refractivity contribution in [1.82, 2.24) is 10.7 Å². The number of nitrogens with two attached hydrogens (primary N) is 1. The average molecular weight is 554 g/mol. The zero-order chi connectivity index (χ0) is 25.3. The summed E-state index contributed by atoms with van der Waals surface area (Å²) in [5.74, 6) is -0.976. The molecule has 0 radical (unpaired) electrons. The maximum absolute atomic E-state index is 12.7. The van der Waals surface area contributed by atoms with Gasteiger partial charge in [-0.2, -0.15) is 5.10 Å². The van der Waals surface area contributed by atoms with Gasteiger partial charge in [0.1, 0.15) is 6.04 Å². The van der Waals surface area contributed by atoms with Crippen LogP contribution in [0.1, 0.15) is 36.7 Å². The van der Waals surface area contributed by atoms with E-state index in [-0.39, 0.29) is 12.5 Å². The zero-order valence-corrected chi connectivity index (χ0v) is 21.3. The largest absolute Gasteiger partial charge is 0.490 e. The number of hydrazone groups is 1. The summed E-state index contributed by atoms with van der Waals surface area (Å²) in [6, 6.07) is 8.87. The SMILES string of the molecule is CCOc1cc(/C=N/NC(=O)C(NC(=O)c2ccc(Cl)cc2)C(C)C)cc(Br)c1OCC(N)=O. The van der Waals surface area contributed by atoms with E-state index in [1.165, 1.54) is 6.21 Å². The molecule has 0 spiro atoms. The Bertz CT molecular complexity index is 1060. The number of rotatable bonds is 11. The molecule has 2 rings (SSSR count). The molecule has 2 aromatic carbocycles. The molecule has 0 aromatic heterocycles. The van der Waals surface area contributed by atoms with Crippen molar-refractivity contribution in [3.05, 3.63) is 57.0 Å². The first kappa shape index (κ1) is 27.1. The highest BCUT2D eigenvalue weighted by Gasteiger charge is 2.24. The smallest absolute Gasteiger partial charge is 0.262 e. The van der Waals surface area contributed by atoms with Crippen molar-refractivity contribution in [2.24, 2.45) is 16.8 Å². The van der Waals surface area contributed by atoms with Gasteiger partial charge in [0.05, 0.1) is 17.3 Å². The van der Waals surface area contributed by atoms with Gasteiger partial charge in [-0.15, -0.1) is 0 Å². The third-order valence-corrected chi connectivity index (χ3v) is 5.26. The van der Waals surface area contributed by atoms with Crippen molar-refractivity contribution in [3.63, 3.8) is 0 Å². The second-order valence-electron chi connectivity index (χ2n) is 7.45. The Morgan fingerprint density at radius 2 is 1.85 bits per heavy atom. The Morgan fingerprint density at radius 1 is 1.18 bits per heavy atom. The highest BCUT2D eigenvalue weighted by atomic mass is 79.9. The molecule has 0 saturated heterocycles. The summed E-state index contributed by atoms with van der Waals surface area (Å²) in [7, 11) is 0. The lowest BCUT2D eigenvalue weighted by Crippen LogP contribution is -2.48. The molecule has 3 amide bonds. The number of nitrogens with one attached hydrogen (secondary N) is 2. The number of primary amides is 1. The number of carbonyl (C=O) groups is 3. The molecule has 4 N–H and O–H groups in total. The van der Waals surface area contributed by atoms with Gasteiger partial charge < -0.3 is 20.5 Å². The Hall–Kier alpha value is -3.11. The first-order valence-corrected chi connectivity index (χ1v) is 11.6. The predicted molar refractivity (Wildman–Crippen MR) is 133 cm³/mol. The van der Waals surface area contributed by atoms with E-state index in [0.29, 0.717) is 38.7 Å². The van der Waals surface area contributed by atoms with Gasteiger partial charge in [0.15, 0.2) is 18.1 Å². The summed E-state index contributed by atoms with van der Waals surface area (Å²) in [5, 5.41) is 7.22. The minimum atomic E-state index is -0.810. The van der Waals surface area contributed by atoms with Crippen LogP contribution in [0.15, 0.2) is 46.0 Å².